The Morgan fingerprint density at radius 1 is 1.22 bits per heavy atom. The molecular weight excluding hydrogens is 417 g/mol. The maximum Gasteiger partial charge on any atom is 0.410 e. The van der Waals surface area contributed by atoms with E-state index in [0.717, 1.165) is 18.6 Å². The third-order valence-corrected chi connectivity index (χ3v) is 5.50. The summed E-state index contributed by atoms with van der Waals surface area (Å²) in [6.45, 7) is 6.12. The maximum absolute atomic E-state index is 14.6. The molecule has 0 atom stereocenters. The predicted octanol–water partition coefficient (Wildman–Crippen LogP) is 2.78. The SMILES string of the molecule is CC(C)OC(=O)N1CCC(ON=C2CCN(c3ncc(-n4cncn4)cc3F)CC2)CC1. The zero-order valence-electron chi connectivity index (χ0n) is 18.4. The number of carbonyl (C=O) groups excluding carboxylic acids is 1. The van der Waals surface area contributed by atoms with Gasteiger partial charge in [-0.25, -0.2) is 23.8 Å². The quantitative estimate of drug-likeness (QED) is 0.653. The number of halogens is 1. The summed E-state index contributed by atoms with van der Waals surface area (Å²) >= 11 is 0. The number of carbonyl (C=O) groups is 1. The first-order chi connectivity index (χ1) is 15.5. The van der Waals surface area contributed by atoms with Gasteiger partial charge in [-0.15, -0.1) is 0 Å². The molecular formula is C21H28FN7O3. The van der Waals surface area contributed by atoms with Gasteiger partial charge < -0.3 is 19.4 Å². The molecule has 32 heavy (non-hydrogen) atoms. The van der Waals surface area contributed by atoms with Gasteiger partial charge in [-0.05, 0) is 13.8 Å². The summed E-state index contributed by atoms with van der Waals surface area (Å²) in [4.78, 5) is 29.5. The maximum atomic E-state index is 14.6. The fourth-order valence-electron chi connectivity index (χ4n) is 3.76. The van der Waals surface area contributed by atoms with Crippen molar-refractivity contribution < 1.29 is 18.8 Å². The predicted molar refractivity (Wildman–Crippen MR) is 115 cm³/mol. The molecule has 0 unspecified atom stereocenters. The standard InChI is InChI=1S/C21H28FN7O3/c1-15(2)31-21(30)28-9-5-18(6-10-28)32-26-16-3-7-27(8-4-16)20-19(22)11-17(12-24-20)29-14-23-13-25-29/h11-15,18H,3-10H2,1-2H3. The molecule has 4 heterocycles. The van der Waals surface area contributed by atoms with E-state index < -0.39 is 5.82 Å². The highest BCUT2D eigenvalue weighted by molar-refractivity contribution is 5.86. The van der Waals surface area contributed by atoms with Crippen molar-refractivity contribution in [1.82, 2.24) is 24.6 Å². The minimum atomic E-state index is -0.391. The summed E-state index contributed by atoms with van der Waals surface area (Å²) < 4.78 is 21.3. The Bertz CT molecular complexity index is 933. The molecule has 1 amide bonds. The van der Waals surface area contributed by atoms with Gasteiger partial charge in [0.25, 0.3) is 0 Å². The lowest BCUT2D eigenvalue weighted by Crippen LogP contribution is -2.41. The zero-order valence-corrected chi connectivity index (χ0v) is 18.4. The van der Waals surface area contributed by atoms with E-state index in [1.165, 1.54) is 23.4 Å². The first-order valence-electron chi connectivity index (χ1n) is 10.9. The summed E-state index contributed by atoms with van der Waals surface area (Å²) in [6, 6.07) is 1.41. The lowest BCUT2D eigenvalue weighted by Gasteiger charge is -2.31. The van der Waals surface area contributed by atoms with Crippen LogP contribution in [0, 0.1) is 5.82 Å². The first kappa shape index (κ1) is 22.0. The van der Waals surface area contributed by atoms with Gasteiger partial charge in [0.05, 0.1) is 23.7 Å². The number of anilines is 1. The Labute approximate surface area is 186 Å². The van der Waals surface area contributed by atoms with Crippen molar-refractivity contribution >= 4 is 17.6 Å². The van der Waals surface area contributed by atoms with Crippen LogP contribution in [0.2, 0.25) is 0 Å². The van der Waals surface area contributed by atoms with Gasteiger partial charge in [0.1, 0.15) is 18.8 Å². The number of oxime groups is 1. The number of pyridine rings is 1. The molecule has 2 fully saturated rings. The molecule has 11 heteroatoms. The third-order valence-electron chi connectivity index (χ3n) is 5.50. The highest BCUT2D eigenvalue weighted by Crippen LogP contribution is 2.22. The van der Waals surface area contributed by atoms with E-state index in [4.69, 9.17) is 9.57 Å². The number of likely N-dealkylation sites (tertiary alicyclic amines) is 1. The molecule has 0 saturated carbocycles. The number of amides is 1. The second-order valence-electron chi connectivity index (χ2n) is 8.21. The second kappa shape index (κ2) is 9.92. The van der Waals surface area contributed by atoms with Gasteiger partial charge in [-0.1, -0.05) is 5.16 Å². The largest absolute Gasteiger partial charge is 0.447 e. The molecule has 4 rings (SSSR count). The molecule has 0 bridgehead atoms. The van der Waals surface area contributed by atoms with E-state index in [-0.39, 0.29) is 18.3 Å². The van der Waals surface area contributed by atoms with Crippen molar-refractivity contribution in [2.75, 3.05) is 31.1 Å². The highest BCUT2D eigenvalue weighted by Gasteiger charge is 2.26. The minimum absolute atomic E-state index is 0.00734. The van der Waals surface area contributed by atoms with Gasteiger partial charge >= 0.3 is 6.09 Å². The Kier molecular flexibility index (Phi) is 6.81. The van der Waals surface area contributed by atoms with Gasteiger partial charge in [0.2, 0.25) is 0 Å². The Morgan fingerprint density at radius 3 is 2.59 bits per heavy atom. The normalized spacial score (nSPS) is 17.6. The summed E-state index contributed by atoms with van der Waals surface area (Å²) in [7, 11) is 0. The fraction of sp³-hybridized carbons (Fsp3) is 0.571. The second-order valence-corrected chi connectivity index (χ2v) is 8.21. The van der Waals surface area contributed by atoms with Gasteiger partial charge in [-0.3, -0.25) is 0 Å². The number of nitrogens with zero attached hydrogens (tertiary/aromatic N) is 7. The molecule has 2 aromatic heterocycles. The number of ether oxygens (including phenoxy) is 1. The molecule has 172 valence electrons. The lowest BCUT2D eigenvalue weighted by molar-refractivity contribution is 0.00415. The lowest BCUT2D eigenvalue weighted by atomic mass is 10.1. The summed E-state index contributed by atoms with van der Waals surface area (Å²) in [6.07, 6.45) is 6.90. The van der Waals surface area contributed by atoms with Crippen LogP contribution in [-0.2, 0) is 9.57 Å². The van der Waals surface area contributed by atoms with Crippen LogP contribution < -0.4 is 4.90 Å². The van der Waals surface area contributed by atoms with Crippen molar-refractivity contribution in [3.8, 4) is 5.69 Å². The van der Waals surface area contributed by atoms with E-state index in [1.54, 1.807) is 11.1 Å². The third kappa shape index (κ3) is 5.32. The van der Waals surface area contributed by atoms with Crippen molar-refractivity contribution in [2.24, 2.45) is 5.16 Å². The average molecular weight is 445 g/mol. The molecule has 2 aliphatic heterocycles. The van der Waals surface area contributed by atoms with Crippen LogP contribution in [0.4, 0.5) is 15.0 Å². The number of hydrogen-bond donors (Lipinski definition) is 0. The van der Waals surface area contributed by atoms with Crippen LogP contribution in [0.25, 0.3) is 5.69 Å². The highest BCUT2D eigenvalue weighted by atomic mass is 19.1. The van der Waals surface area contributed by atoms with E-state index in [1.807, 2.05) is 18.7 Å². The molecule has 2 saturated heterocycles. The van der Waals surface area contributed by atoms with Crippen LogP contribution in [0.5, 0.6) is 0 Å². The molecule has 0 aromatic carbocycles. The van der Waals surface area contributed by atoms with E-state index in [2.05, 4.69) is 20.2 Å². The Hall–Kier alpha value is -3.24. The van der Waals surface area contributed by atoms with Crippen molar-refractivity contribution in [1.29, 1.82) is 0 Å². The van der Waals surface area contributed by atoms with Gasteiger partial charge in [0.15, 0.2) is 11.6 Å². The van der Waals surface area contributed by atoms with Crippen LogP contribution in [0.3, 0.4) is 0 Å². The molecule has 0 spiro atoms. The number of hydrogen-bond acceptors (Lipinski definition) is 8. The molecule has 0 radical (unpaired) electrons. The van der Waals surface area contributed by atoms with E-state index in [9.17, 15) is 9.18 Å². The van der Waals surface area contributed by atoms with Crippen LogP contribution >= 0.6 is 0 Å². The van der Waals surface area contributed by atoms with Gasteiger partial charge in [-0.2, -0.15) is 5.10 Å². The van der Waals surface area contributed by atoms with Crippen LogP contribution in [0.1, 0.15) is 39.5 Å². The molecule has 10 nitrogen and oxygen atoms in total. The molecule has 0 N–H and O–H groups in total. The summed E-state index contributed by atoms with van der Waals surface area (Å²) in [5.41, 5.74) is 1.49. The molecule has 2 aliphatic rings. The number of piperidine rings is 2. The smallest absolute Gasteiger partial charge is 0.410 e. The van der Waals surface area contributed by atoms with E-state index in [0.29, 0.717) is 50.5 Å². The molecule has 2 aromatic rings. The summed E-state index contributed by atoms with van der Waals surface area (Å²) in [5.74, 6) is -0.0631. The zero-order chi connectivity index (χ0) is 22.5. The Morgan fingerprint density at radius 2 is 1.97 bits per heavy atom. The van der Waals surface area contributed by atoms with Crippen molar-refractivity contribution in [3.63, 3.8) is 0 Å². The fourth-order valence-corrected chi connectivity index (χ4v) is 3.76. The average Bonchev–Trinajstić information content (AvgIpc) is 3.33. The number of aromatic nitrogens is 4. The topological polar surface area (TPSA) is 98.0 Å². The van der Waals surface area contributed by atoms with Crippen LogP contribution in [0.15, 0.2) is 30.1 Å². The van der Waals surface area contributed by atoms with Crippen molar-refractivity contribution in [3.05, 3.63) is 30.7 Å². The number of rotatable bonds is 5. The van der Waals surface area contributed by atoms with E-state index >= 15 is 0 Å². The summed E-state index contributed by atoms with van der Waals surface area (Å²) in [5, 5.41) is 8.34. The Balaban J connectivity index is 1.24. The first-order valence-corrected chi connectivity index (χ1v) is 10.9. The van der Waals surface area contributed by atoms with Crippen LogP contribution in [-0.4, -0.2) is 74.8 Å². The molecule has 0 aliphatic carbocycles. The minimum Gasteiger partial charge on any atom is -0.447 e. The van der Waals surface area contributed by atoms with Gasteiger partial charge in [0, 0.05) is 57.9 Å². The van der Waals surface area contributed by atoms with Crippen molar-refractivity contribution in [2.45, 2.75) is 51.7 Å². The monoisotopic (exact) mass is 445 g/mol.